The zero-order valence-electron chi connectivity index (χ0n) is 8.69. The maximum Gasteiger partial charge on any atom is 2.00 e. The summed E-state index contributed by atoms with van der Waals surface area (Å²) in [6.45, 7) is 9.42. The molecule has 0 amide bonds. The minimum atomic E-state index is 0. The normalized spacial score (nSPS) is 8.18. The van der Waals surface area contributed by atoms with Gasteiger partial charge >= 0.3 is 17.1 Å². The molecule has 11 heavy (non-hydrogen) atoms. The fourth-order valence-corrected chi connectivity index (χ4v) is 3.60. The van der Waals surface area contributed by atoms with E-state index in [1.165, 1.54) is 12.3 Å². The van der Waals surface area contributed by atoms with Crippen LogP contribution in [0.1, 0.15) is 0 Å². The summed E-state index contributed by atoms with van der Waals surface area (Å²) < 4.78 is 0. The van der Waals surface area contributed by atoms with E-state index in [1.807, 2.05) is 0 Å². The smallest absolute Gasteiger partial charge is 0.358 e. The Morgan fingerprint density at radius 3 is 1.00 bits per heavy atom. The second kappa shape index (κ2) is 13.9. The van der Waals surface area contributed by atoms with Crippen LogP contribution < -0.4 is 0 Å². The molecule has 0 aliphatic carbocycles. The first-order valence-electron chi connectivity index (χ1n) is 2.92. The van der Waals surface area contributed by atoms with Crippen molar-refractivity contribution in [2.45, 2.75) is 0 Å². The van der Waals surface area contributed by atoms with Crippen LogP contribution in [-0.4, -0.2) is 39.0 Å². The molecule has 3 heteroatoms. The topological polar surface area (TPSA) is 0 Å². The molecule has 0 aromatic heterocycles. The van der Waals surface area contributed by atoms with Gasteiger partial charge in [0.15, 0.2) is 0 Å². The van der Waals surface area contributed by atoms with E-state index in [2.05, 4.69) is 26.7 Å². The molecule has 0 atom stereocenters. The first kappa shape index (κ1) is 22.8. The first-order valence-corrected chi connectivity index (χ1v) is 7.76. The molecule has 0 aromatic carbocycles. The molecule has 71 valence electrons. The molecule has 0 unspecified atom stereocenters. The molecule has 0 spiro atoms. The fraction of sp³-hybridized carbons (Fsp3) is 0.750. The minimum absolute atomic E-state index is 0. The molecule has 0 N–H and O–H groups in total. The van der Waals surface area contributed by atoms with Crippen molar-refractivity contribution < 1.29 is 17.1 Å². The van der Waals surface area contributed by atoms with Crippen molar-refractivity contribution in [2.24, 2.45) is 0 Å². The van der Waals surface area contributed by atoms with Crippen LogP contribution >= 0.6 is 15.8 Å². The van der Waals surface area contributed by atoms with Crippen LogP contribution in [0.4, 0.5) is 0 Å². The van der Waals surface area contributed by atoms with Gasteiger partial charge in [0.05, 0.1) is 0 Å². The van der Waals surface area contributed by atoms with Crippen LogP contribution in [-0.2, 0) is 17.1 Å². The number of hydrogen-bond donors (Lipinski definition) is 0. The predicted octanol–water partition coefficient (Wildman–Crippen LogP) is 3.37. The molecule has 0 rings (SSSR count). The van der Waals surface area contributed by atoms with Gasteiger partial charge in [-0.15, -0.1) is 15.8 Å². The molecule has 1 radical (unpaired) electrons. The van der Waals surface area contributed by atoms with Crippen LogP contribution in [0.3, 0.4) is 0 Å². The molecular formula is C8H22MnP2. The average molecular weight is 235 g/mol. The predicted molar refractivity (Wildman–Crippen MR) is 60.1 cm³/mol. The standard InChI is InChI=1S/C6H16P2.2CH3.Mn/c1-7(2)5-6-8(3)4;;;/h5-6H2,1-4H3;2*1H3;/q;2*-1;+2. The van der Waals surface area contributed by atoms with Gasteiger partial charge in [-0.1, -0.05) is 0 Å². The third kappa shape index (κ3) is 24.6. The van der Waals surface area contributed by atoms with Gasteiger partial charge in [0, 0.05) is 0 Å². The summed E-state index contributed by atoms with van der Waals surface area (Å²) in [4.78, 5) is 0. The number of hydrogen-bond acceptors (Lipinski definition) is 0. The summed E-state index contributed by atoms with van der Waals surface area (Å²) in [6.07, 6.45) is 2.96. The van der Waals surface area contributed by atoms with Crippen LogP contribution in [0.2, 0.25) is 0 Å². The van der Waals surface area contributed by atoms with E-state index in [0.29, 0.717) is 15.8 Å². The summed E-state index contributed by atoms with van der Waals surface area (Å²) >= 11 is 0. The van der Waals surface area contributed by atoms with Crippen molar-refractivity contribution in [3.05, 3.63) is 14.9 Å². The molecule has 0 saturated heterocycles. The van der Waals surface area contributed by atoms with Crippen molar-refractivity contribution in [1.82, 2.24) is 0 Å². The van der Waals surface area contributed by atoms with Gasteiger partial charge in [0.25, 0.3) is 0 Å². The number of rotatable bonds is 3. The van der Waals surface area contributed by atoms with E-state index in [0.717, 1.165) is 0 Å². The van der Waals surface area contributed by atoms with E-state index >= 15 is 0 Å². The van der Waals surface area contributed by atoms with Crippen LogP contribution in [0.15, 0.2) is 0 Å². The van der Waals surface area contributed by atoms with E-state index in [1.54, 1.807) is 0 Å². The van der Waals surface area contributed by atoms with Gasteiger partial charge in [-0.2, -0.15) is 0 Å². The van der Waals surface area contributed by atoms with Crippen molar-refractivity contribution >= 4 is 15.8 Å². The maximum atomic E-state index is 2.36. The first-order chi connectivity index (χ1) is 3.63. The van der Waals surface area contributed by atoms with Gasteiger partial charge in [-0.3, -0.25) is 0 Å². The van der Waals surface area contributed by atoms with E-state index in [9.17, 15) is 0 Å². The Labute approximate surface area is 86.9 Å². The Kier molecular flexibility index (Phi) is 28.9. The molecule has 0 aliphatic heterocycles. The zero-order valence-corrected chi connectivity index (χ0v) is 11.7. The molecule has 0 nitrogen and oxygen atoms in total. The maximum absolute atomic E-state index is 2.36. The van der Waals surface area contributed by atoms with Crippen molar-refractivity contribution in [3.8, 4) is 0 Å². The summed E-state index contributed by atoms with van der Waals surface area (Å²) in [5, 5.41) is 0. The van der Waals surface area contributed by atoms with Gasteiger partial charge < -0.3 is 14.9 Å². The van der Waals surface area contributed by atoms with Crippen molar-refractivity contribution in [1.29, 1.82) is 0 Å². The van der Waals surface area contributed by atoms with E-state index < -0.39 is 0 Å². The Hall–Kier alpha value is 1.38. The second-order valence-corrected chi connectivity index (χ2v) is 7.82. The second-order valence-electron chi connectivity index (χ2n) is 2.61. The van der Waals surface area contributed by atoms with Gasteiger partial charge in [0.2, 0.25) is 0 Å². The Morgan fingerprint density at radius 2 is 0.909 bits per heavy atom. The summed E-state index contributed by atoms with van der Waals surface area (Å²) in [5.74, 6) is 0. The van der Waals surface area contributed by atoms with Crippen molar-refractivity contribution in [3.63, 3.8) is 0 Å². The van der Waals surface area contributed by atoms with E-state index in [-0.39, 0.29) is 31.9 Å². The molecule has 0 saturated carbocycles. The largest absolute Gasteiger partial charge is 2.00 e. The summed E-state index contributed by atoms with van der Waals surface area (Å²) in [6, 6.07) is 0. The fourth-order valence-electron chi connectivity index (χ4n) is 0.400. The molecule has 0 fully saturated rings. The Morgan fingerprint density at radius 1 is 0.727 bits per heavy atom. The van der Waals surface area contributed by atoms with Crippen LogP contribution in [0, 0.1) is 14.9 Å². The Balaban J connectivity index is -0.0000000817. The minimum Gasteiger partial charge on any atom is -0.358 e. The third-order valence-electron chi connectivity index (χ3n) is 0.994. The zero-order chi connectivity index (χ0) is 6.57. The van der Waals surface area contributed by atoms with Gasteiger partial charge in [-0.25, -0.2) is 0 Å². The average Bonchev–Trinajstić information content (AvgIpc) is 1.61. The molecular weight excluding hydrogens is 213 g/mol. The third-order valence-corrected chi connectivity index (χ3v) is 3.58. The van der Waals surface area contributed by atoms with Gasteiger partial charge in [0.1, 0.15) is 0 Å². The SMILES string of the molecule is CP(C)CCP(C)C.[CH3-].[CH3-].[Mn+2]. The molecule has 0 heterocycles. The summed E-state index contributed by atoms with van der Waals surface area (Å²) in [7, 11) is 0.766. The molecule has 0 aromatic rings. The Bertz CT molecular complexity index is 48.1. The molecule has 0 bridgehead atoms. The summed E-state index contributed by atoms with van der Waals surface area (Å²) in [5.41, 5.74) is 0. The van der Waals surface area contributed by atoms with Gasteiger partial charge in [-0.05, 0) is 39.0 Å². The van der Waals surface area contributed by atoms with E-state index in [4.69, 9.17) is 0 Å². The van der Waals surface area contributed by atoms with Crippen LogP contribution in [0.25, 0.3) is 0 Å². The monoisotopic (exact) mass is 235 g/mol. The van der Waals surface area contributed by atoms with Crippen molar-refractivity contribution in [2.75, 3.05) is 39.0 Å². The molecule has 0 aliphatic rings. The van der Waals surface area contributed by atoms with Crippen LogP contribution in [0.5, 0.6) is 0 Å². The quantitative estimate of drug-likeness (QED) is 0.399.